The number of amides is 1. The lowest BCUT2D eigenvalue weighted by Crippen LogP contribution is -2.52. The average molecular weight is 311 g/mol. The zero-order valence-electron chi connectivity index (χ0n) is 12.2. The second-order valence-electron chi connectivity index (χ2n) is 5.45. The highest BCUT2D eigenvalue weighted by atomic mass is 32.1. The van der Waals surface area contributed by atoms with Crippen molar-refractivity contribution in [3.63, 3.8) is 0 Å². The topological polar surface area (TPSA) is 63.7 Å². The van der Waals surface area contributed by atoms with E-state index in [2.05, 4.69) is 15.2 Å². The molecule has 2 aliphatic rings. The van der Waals surface area contributed by atoms with Crippen LogP contribution in [0.25, 0.3) is 0 Å². The van der Waals surface area contributed by atoms with Crippen LogP contribution in [-0.2, 0) is 14.3 Å². The van der Waals surface area contributed by atoms with E-state index in [1.54, 1.807) is 11.3 Å². The highest BCUT2D eigenvalue weighted by Gasteiger charge is 2.29. The Bertz CT molecular complexity index is 488. The number of nitrogens with zero attached hydrogens (tertiary/aromatic N) is 2. The van der Waals surface area contributed by atoms with Gasteiger partial charge >= 0.3 is 0 Å². The minimum Gasteiger partial charge on any atom is -0.381 e. The summed E-state index contributed by atoms with van der Waals surface area (Å²) in [7, 11) is 0. The minimum atomic E-state index is -0.411. The first-order valence-corrected chi connectivity index (χ1v) is 8.21. The maximum absolute atomic E-state index is 12.3. The number of carbonyl (C=O) groups is 1. The highest BCUT2D eigenvalue weighted by molar-refractivity contribution is 7.15. The zero-order chi connectivity index (χ0) is 14.7. The summed E-state index contributed by atoms with van der Waals surface area (Å²) in [5.74, 6) is -0.0140. The molecule has 0 saturated carbocycles. The summed E-state index contributed by atoms with van der Waals surface area (Å²) in [6, 6.07) is 0.215. The van der Waals surface area contributed by atoms with Gasteiger partial charge in [0.15, 0.2) is 11.2 Å². The SMILES string of the molecule is Cc1cnc(N2CCOC(C(=O)NC3CCOCC3)C2)s1. The highest BCUT2D eigenvalue weighted by Crippen LogP contribution is 2.23. The Morgan fingerprint density at radius 1 is 1.43 bits per heavy atom. The van der Waals surface area contributed by atoms with Crippen LogP contribution in [0.2, 0.25) is 0 Å². The van der Waals surface area contributed by atoms with Crippen molar-refractivity contribution in [1.29, 1.82) is 0 Å². The van der Waals surface area contributed by atoms with Gasteiger partial charge in [0.1, 0.15) is 0 Å². The van der Waals surface area contributed by atoms with Crippen LogP contribution in [0.4, 0.5) is 5.13 Å². The van der Waals surface area contributed by atoms with Gasteiger partial charge in [0.25, 0.3) is 5.91 Å². The fraction of sp³-hybridized carbons (Fsp3) is 0.714. The molecule has 2 saturated heterocycles. The first-order chi connectivity index (χ1) is 10.2. The molecular formula is C14H21N3O3S. The van der Waals surface area contributed by atoms with E-state index in [4.69, 9.17) is 9.47 Å². The van der Waals surface area contributed by atoms with Crippen molar-refractivity contribution < 1.29 is 14.3 Å². The van der Waals surface area contributed by atoms with Crippen LogP contribution in [0, 0.1) is 6.92 Å². The molecule has 0 bridgehead atoms. The molecule has 1 atom stereocenters. The monoisotopic (exact) mass is 311 g/mol. The quantitative estimate of drug-likeness (QED) is 0.900. The molecule has 0 spiro atoms. The molecule has 1 unspecified atom stereocenters. The maximum atomic E-state index is 12.3. The Labute approximate surface area is 128 Å². The van der Waals surface area contributed by atoms with E-state index in [9.17, 15) is 4.79 Å². The molecule has 2 aliphatic heterocycles. The van der Waals surface area contributed by atoms with Gasteiger partial charge in [-0.15, -0.1) is 11.3 Å². The lowest BCUT2D eigenvalue weighted by molar-refractivity contribution is -0.134. The summed E-state index contributed by atoms with van der Waals surface area (Å²) >= 11 is 1.65. The van der Waals surface area contributed by atoms with Gasteiger partial charge < -0.3 is 19.7 Å². The molecule has 1 amide bonds. The number of morpholine rings is 1. The van der Waals surface area contributed by atoms with E-state index in [1.807, 2.05) is 13.1 Å². The molecule has 3 rings (SSSR count). The van der Waals surface area contributed by atoms with E-state index in [1.165, 1.54) is 4.88 Å². The largest absolute Gasteiger partial charge is 0.381 e. The third-order valence-electron chi connectivity index (χ3n) is 3.81. The molecule has 116 valence electrons. The Morgan fingerprint density at radius 2 is 2.24 bits per heavy atom. The lowest BCUT2D eigenvalue weighted by Gasteiger charge is -2.33. The van der Waals surface area contributed by atoms with Crippen molar-refractivity contribution in [2.75, 3.05) is 37.8 Å². The summed E-state index contributed by atoms with van der Waals surface area (Å²) in [5, 5.41) is 4.05. The molecule has 1 N–H and O–H groups in total. The van der Waals surface area contributed by atoms with Gasteiger partial charge in [-0.3, -0.25) is 4.79 Å². The predicted molar refractivity (Wildman–Crippen MR) is 80.8 cm³/mol. The van der Waals surface area contributed by atoms with Gasteiger partial charge in [0.05, 0.1) is 13.2 Å². The number of carbonyl (C=O) groups excluding carboxylic acids is 1. The van der Waals surface area contributed by atoms with E-state index in [0.717, 1.165) is 37.7 Å². The van der Waals surface area contributed by atoms with E-state index in [-0.39, 0.29) is 11.9 Å². The van der Waals surface area contributed by atoms with Crippen molar-refractivity contribution >= 4 is 22.4 Å². The molecule has 2 fully saturated rings. The molecule has 0 aliphatic carbocycles. The van der Waals surface area contributed by atoms with Crippen LogP contribution in [0.3, 0.4) is 0 Å². The number of hydrogen-bond donors (Lipinski definition) is 1. The van der Waals surface area contributed by atoms with Crippen LogP contribution in [0.15, 0.2) is 6.20 Å². The van der Waals surface area contributed by atoms with E-state index >= 15 is 0 Å². The van der Waals surface area contributed by atoms with Gasteiger partial charge in [0, 0.05) is 36.9 Å². The smallest absolute Gasteiger partial charge is 0.251 e. The molecule has 1 aromatic rings. The predicted octanol–water partition coefficient (Wildman–Crippen LogP) is 0.952. The number of ether oxygens (including phenoxy) is 2. The first kappa shape index (κ1) is 14.7. The first-order valence-electron chi connectivity index (χ1n) is 7.39. The van der Waals surface area contributed by atoms with Crippen LogP contribution >= 0.6 is 11.3 Å². The number of thiazole rings is 1. The number of anilines is 1. The summed E-state index contributed by atoms with van der Waals surface area (Å²) < 4.78 is 10.9. The van der Waals surface area contributed by atoms with E-state index in [0.29, 0.717) is 13.2 Å². The molecule has 3 heterocycles. The van der Waals surface area contributed by atoms with Crippen molar-refractivity contribution in [3.8, 4) is 0 Å². The van der Waals surface area contributed by atoms with Gasteiger partial charge in [-0.1, -0.05) is 0 Å². The fourth-order valence-electron chi connectivity index (χ4n) is 2.61. The standard InChI is InChI=1S/C14H21N3O3S/c1-10-8-15-14(21-10)17-4-7-20-12(9-17)13(18)16-11-2-5-19-6-3-11/h8,11-12H,2-7,9H2,1H3,(H,16,18). The van der Waals surface area contributed by atoms with Crippen molar-refractivity contribution in [3.05, 3.63) is 11.1 Å². The maximum Gasteiger partial charge on any atom is 0.251 e. The van der Waals surface area contributed by atoms with Gasteiger partial charge in [-0.05, 0) is 19.8 Å². The van der Waals surface area contributed by atoms with Gasteiger partial charge in [-0.2, -0.15) is 0 Å². The second kappa shape index (κ2) is 6.72. The van der Waals surface area contributed by atoms with Crippen molar-refractivity contribution in [2.24, 2.45) is 0 Å². The molecular weight excluding hydrogens is 290 g/mol. The summed E-state index contributed by atoms with van der Waals surface area (Å²) in [4.78, 5) is 20.0. The van der Waals surface area contributed by atoms with Gasteiger partial charge in [0.2, 0.25) is 0 Å². The summed E-state index contributed by atoms with van der Waals surface area (Å²) in [5.41, 5.74) is 0. The number of aromatic nitrogens is 1. The third-order valence-corrected chi connectivity index (χ3v) is 4.78. The second-order valence-corrected chi connectivity index (χ2v) is 6.67. The number of nitrogens with one attached hydrogen (secondary N) is 1. The van der Waals surface area contributed by atoms with Crippen LogP contribution in [0.5, 0.6) is 0 Å². The average Bonchev–Trinajstić information content (AvgIpc) is 2.95. The zero-order valence-corrected chi connectivity index (χ0v) is 13.0. The van der Waals surface area contributed by atoms with Crippen LogP contribution in [0.1, 0.15) is 17.7 Å². The number of aryl methyl sites for hydroxylation is 1. The van der Waals surface area contributed by atoms with Crippen LogP contribution in [-0.4, -0.2) is 55.9 Å². The number of rotatable bonds is 3. The molecule has 6 nitrogen and oxygen atoms in total. The lowest BCUT2D eigenvalue weighted by atomic mass is 10.1. The Hall–Kier alpha value is -1.18. The molecule has 21 heavy (non-hydrogen) atoms. The fourth-order valence-corrected chi connectivity index (χ4v) is 3.40. The summed E-state index contributed by atoms with van der Waals surface area (Å²) in [6.45, 7) is 5.40. The van der Waals surface area contributed by atoms with Gasteiger partial charge in [-0.25, -0.2) is 4.98 Å². The third kappa shape index (κ3) is 3.72. The normalized spacial score (nSPS) is 24.0. The molecule has 1 aromatic heterocycles. The molecule has 7 heteroatoms. The van der Waals surface area contributed by atoms with Crippen LogP contribution < -0.4 is 10.2 Å². The molecule has 0 radical (unpaired) electrons. The van der Waals surface area contributed by atoms with Crippen molar-refractivity contribution in [2.45, 2.75) is 31.9 Å². The summed E-state index contributed by atoms with van der Waals surface area (Å²) in [6.07, 6.45) is 3.22. The molecule has 0 aromatic carbocycles. The van der Waals surface area contributed by atoms with E-state index < -0.39 is 6.10 Å². The minimum absolute atomic E-state index is 0.0140. The Morgan fingerprint density at radius 3 is 2.95 bits per heavy atom. The Kier molecular flexibility index (Phi) is 4.72. The Balaban J connectivity index is 1.56. The number of hydrogen-bond acceptors (Lipinski definition) is 6. The van der Waals surface area contributed by atoms with Crippen molar-refractivity contribution in [1.82, 2.24) is 10.3 Å².